The summed E-state index contributed by atoms with van der Waals surface area (Å²) in [6, 6.07) is 15.9. The largest absolute Gasteiger partial charge is 0.508 e. The summed E-state index contributed by atoms with van der Waals surface area (Å²) < 4.78 is 0. The molecule has 24 heavy (non-hydrogen) atoms. The molecule has 0 saturated carbocycles. The molecule has 4 heteroatoms. The van der Waals surface area contributed by atoms with E-state index < -0.39 is 0 Å². The van der Waals surface area contributed by atoms with Crippen LogP contribution in [0.15, 0.2) is 60.7 Å². The second-order valence-electron chi connectivity index (χ2n) is 3.66. The summed E-state index contributed by atoms with van der Waals surface area (Å²) in [4.78, 5) is 11.8. The van der Waals surface area contributed by atoms with Gasteiger partial charge < -0.3 is 19.0 Å². The number of ketones is 1. The van der Waals surface area contributed by atoms with Crippen LogP contribution in [0.3, 0.4) is 0 Å². The molecular weight excluding hydrogens is 640 g/mol. The van der Waals surface area contributed by atoms with Gasteiger partial charge in [0.05, 0.1) is 0 Å². The van der Waals surface area contributed by atoms with E-state index in [0.29, 0.717) is 5.56 Å². The first-order valence-corrected chi connectivity index (χ1v) is 6.73. The Labute approximate surface area is 175 Å². The predicted molar refractivity (Wildman–Crippen MR) is 96.7 cm³/mol. The summed E-state index contributed by atoms with van der Waals surface area (Å²) in [7, 11) is 0. The van der Waals surface area contributed by atoms with E-state index in [1.165, 1.54) is 18.2 Å². The van der Waals surface area contributed by atoms with E-state index in [2.05, 4.69) is 13.8 Å². The summed E-state index contributed by atoms with van der Waals surface area (Å²) >= 11 is 0. The van der Waals surface area contributed by atoms with Gasteiger partial charge in [0.25, 0.3) is 0 Å². The third kappa shape index (κ3) is 12.4. The fourth-order valence-corrected chi connectivity index (χ4v) is 1.46. The van der Waals surface area contributed by atoms with Crippen molar-refractivity contribution in [1.29, 1.82) is 0 Å². The minimum Gasteiger partial charge on any atom is -0.508 e. The summed E-state index contributed by atoms with van der Waals surface area (Å²) in [5.74, 6) is 0.0856. The average molecular weight is 666 g/mol. The molecule has 0 fully saturated rings. The van der Waals surface area contributed by atoms with Crippen molar-refractivity contribution in [3.05, 3.63) is 85.6 Å². The van der Waals surface area contributed by atoms with Crippen LogP contribution < -0.4 is 0 Å². The van der Waals surface area contributed by atoms with E-state index >= 15 is 0 Å². The van der Waals surface area contributed by atoms with Gasteiger partial charge in [0, 0.05) is 47.7 Å². The summed E-state index contributed by atoms with van der Waals surface area (Å²) in [6.45, 7) is 10.0. The molecule has 0 bridgehead atoms. The Morgan fingerprint density at radius 3 is 1.79 bits per heavy atom. The van der Waals surface area contributed by atoms with Crippen LogP contribution in [0, 0.1) is 13.8 Å². The van der Waals surface area contributed by atoms with Gasteiger partial charge >= 0.3 is 0 Å². The van der Waals surface area contributed by atoms with Crippen molar-refractivity contribution < 1.29 is 52.0 Å². The summed E-state index contributed by atoms with van der Waals surface area (Å²) in [5, 5.41) is 9.12. The van der Waals surface area contributed by atoms with Crippen LogP contribution in [0.25, 0.3) is 6.08 Å². The van der Waals surface area contributed by atoms with Crippen LogP contribution in [0.2, 0.25) is 0 Å². The molecule has 0 aliphatic rings. The Morgan fingerprint density at radius 2 is 1.33 bits per heavy atom. The van der Waals surface area contributed by atoms with E-state index in [-0.39, 0.29) is 61.1 Å². The standard InChI is InChI=1S/C15H12O2.2C2H5.CH4.2W/c16-14-9-7-13(8-10-14)15(17)11-6-12-4-2-1-3-5-12;2*1-2;;;/h1-11,16H;2*1H2,2H3;1H4;;/q;2*-1;;;/b11-6+;;;;;. The van der Waals surface area contributed by atoms with Gasteiger partial charge in [-0.15, -0.1) is 0 Å². The van der Waals surface area contributed by atoms with Crippen LogP contribution in [0.4, 0.5) is 0 Å². The zero-order valence-corrected chi connectivity index (χ0v) is 19.3. The van der Waals surface area contributed by atoms with Crippen molar-refractivity contribution in [2.45, 2.75) is 21.3 Å². The molecule has 0 atom stereocenters. The van der Waals surface area contributed by atoms with E-state index in [9.17, 15) is 4.79 Å². The Hall–Kier alpha value is -0.973. The third-order valence-corrected chi connectivity index (χ3v) is 2.38. The van der Waals surface area contributed by atoms with Crippen LogP contribution in [0.1, 0.15) is 37.2 Å². The fraction of sp³-hybridized carbons (Fsp3) is 0.150. The number of benzene rings is 2. The molecule has 0 saturated heterocycles. The number of carbonyl (C=O) groups is 1. The Bertz CT molecular complexity index is 535. The molecule has 0 unspecified atom stereocenters. The minimum atomic E-state index is -0.0751. The second kappa shape index (κ2) is 20.1. The number of phenols is 1. The van der Waals surface area contributed by atoms with Crippen molar-refractivity contribution in [3.63, 3.8) is 0 Å². The molecule has 2 aromatic carbocycles. The van der Waals surface area contributed by atoms with Gasteiger partial charge in [0.15, 0.2) is 5.78 Å². The molecule has 0 heterocycles. The second-order valence-corrected chi connectivity index (χ2v) is 3.66. The molecule has 132 valence electrons. The first-order chi connectivity index (χ1) is 10.3. The molecule has 0 spiro atoms. The van der Waals surface area contributed by atoms with Crippen molar-refractivity contribution in [2.24, 2.45) is 0 Å². The SMILES string of the molecule is C.O=C(/C=C/c1ccccc1)c1ccc(O)cc1.[CH2-]C.[CH2-]C.[W].[W]. The maximum atomic E-state index is 11.8. The van der Waals surface area contributed by atoms with Crippen LogP contribution in [-0.4, -0.2) is 10.9 Å². The van der Waals surface area contributed by atoms with Gasteiger partial charge in [-0.2, -0.15) is 13.8 Å². The average Bonchev–Trinajstić information content (AvgIpc) is 2.58. The van der Waals surface area contributed by atoms with Gasteiger partial charge in [-0.25, -0.2) is 0 Å². The Kier molecular flexibility index (Phi) is 25.8. The molecule has 2 aromatic rings. The molecule has 0 aromatic heterocycles. The van der Waals surface area contributed by atoms with E-state index in [4.69, 9.17) is 5.11 Å². The normalized spacial score (nSPS) is 8.00. The number of aromatic hydroxyl groups is 1. The molecule has 2 rings (SSSR count). The maximum Gasteiger partial charge on any atom is 0.185 e. The van der Waals surface area contributed by atoms with Crippen LogP contribution in [0.5, 0.6) is 5.75 Å². The molecule has 0 radical (unpaired) electrons. The number of hydrogen-bond acceptors (Lipinski definition) is 2. The van der Waals surface area contributed by atoms with Gasteiger partial charge in [0.2, 0.25) is 0 Å². The van der Waals surface area contributed by atoms with Gasteiger partial charge in [-0.1, -0.05) is 43.8 Å². The summed E-state index contributed by atoms with van der Waals surface area (Å²) in [5.41, 5.74) is 1.55. The van der Waals surface area contributed by atoms with Gasteiger partial charge in [-0.05, 0) is 35.9 Å². The zero-order valence-electron chi connectivity index (χ0n) is 13.4. The maximum absolute atomic E-state index is 11.8. The third-order valence-electron chi connectivity index (χ3n) is 2.38. The topological polar surface area (TPSA) is 37.3 Å². The van der Waals surface area contributed by atoms with Crippen LogP contribution in [-0.2, 0) is 42.1 Å². The fourth-order valence-electron chi connectivity index (χ4n) is 1.46. The number of phenolic OH excluding ortho intramolecular Hbond substituents is 1. The first-order valence-electron chi connectivity index (χ1n) is 6.73. The number of rotatable bonds is 3. The molecule has 1 N–H and O–H groups in total. The van der Waals surface area contributed by atoms with Crippen LogP contribution >= 0.6 is 0 Å². The number of carbonyl (C=O) groups excluding carboxylic acids is 1. The van der Waals surface area contributed by atoms with Gasteiger partial charge in [-0.3, -0.25) is 4.79 Å². The Balaban J connectivity index is -0.000000266. The summed E-state index contributed by atoms with van der Waals surface area (Å²) in [6.07, 6.45) is 3.30. The van der Waals surface area contributed by atoms with Crippen molar-refractivity contribution in [2.75, 3.05) is 0 Å². The van der Waals surface area contributed by atoms with E-state index in [0.717, 1.165) is 5.56 Å². The quantitative estimate of drug-likeness (QED) is 0.264. The monoisotopic (exact) mass is 666 g/mol. The van der Waals surface area contributed by atoms with Crippen molar-refractivity contribution in [1.82, 2.24) is 0 Å². The smallest absolute Gasteiger partial charge is 0.185 e. The van der Waals surface area contributed by atoms with Crippen molar-refractivity contribution in [3.8, 4) is 5.75 Å². The van der Waals surface area contributed by atoms with E-state index in [1.54, 1.807) is 32.1 Å². The molecule has 2 nitrogen and oxygen atoms in total. The zero-order chi connectivity index (χ0) is 16.1. The van der Waals surface area contributed by atoms with Gasteiger partial charge in [0.1, 0.15) is 5.75 Å². The number of allylic oxidation sites excluding steroid dienone is 1. The molecule has 0 amide bonds. The first kappa shape index (κ1) is 30.9. The Morgan fingerprint density at radius 1 is 0.875 bits per heavy atom. The number of hydrogen-bond donors (Lipinski definition) is 1. The predicted octanol–water partition coefficient (Wildman–Crippen LogP) is 5.60. The van der Waals surface area contributed by atoms with Crippen molar-refractivity contribution >= 4 is 11.9 Å². The molecular formula is C20H26O2W2-2. The molecule has 0 aliphatic carbocycles. The van der Waals surface area contributed by atoms with E-state index in [1.807, 2.05) is 30.3 Å². The minimum absolute atomic E-state index is 0. The molecule has 0 aliphatic heterocycles.